The first-order chi connectivity index (χ1) is 9.53. The zero-order valence-electron chi connectivity index (χ0n) is 12.1. The van der Waals surface area contributed by atoms with Gasteiger partial charge in [-0.05, 0) is 38.8 Å². The predicted molar refractivity (Wildman–Crippen MR) is 75.8 cm³/mol. The molecule has 7 heteroatoms. The summed E-state index contributed by atoms with van der Waals surface area (Å²) >= 11 is 0. The van der Waals surface area contributed by atoms with Crippen LogP contribution in [0.4, 0.5) is 0 Å². The van der Waals surface area contributed by atoms with Crippen molar-refractivity contribution < 1.29 is 17.9 Å². The van der Waals surface area contributed by atoms with E-state index in [0.717, 1.165) is 25.9 Å². The van der Waals surface area contributed by atoms with Gasteiger partial charge in [-0.3, -0.25) is 9.69 Å². The number of esters is 1. The molecule has 0 aromatic heterocycles. The van der Waals surface area contributed by atoms with Gasteiger partial charge in [0.05, 0.1) is 12.9 Å². The van der Waals surface area contributed by atoms with E-state index >= 15 is 0 Å². The highest BCUT2D eigenvalue weighted by atomic mass is 32.2. The Labute approximate surface area is 121 Å². The average Bonchev–Trinajstić information content (AvgIpc) is 2.75. The molecule has 2 aliphatic rings. The lowest BCUT2D eigenvalue weighted by atomic mass is 10.2. The molecule has 0 spiro atoms. The number of nitrogens with zero attached hydrogens (tertiary/aromatic N) is 2. The number of hydrogen-bond acceptors (Lipinski definition) is 5. The Morgan fingerprint density at radius 3 is 2.75 bits per heavy atom. The van der Waals surface area contributed by atoms with Crippen molar-refractivity contribution in [2.45, 2.75) is 38.1 Å². The van der Waals surface area contributed by atoms with Crippen molar-refractivity contribution in [1.29, 1.82) is 0 Å². The van der Waals surface area contributed by atoms with Gasteiger partial charge in [0, 0.05) is 25.6 Å². The van der Waals surface area contributed by atoms with Crippen LogP contribution in [0.1, 0.15) is 32.1 Å². The highest BCUT2D eigenvalue weighted by Crippen LogP contribution is 2.23. The first-order valence-corrected chi connectivity index (χ1v) is 8.92. The quantitative estimate of drug-likeness (QED) is 0.690. The largest absolute Gasteiger partial charge is 0.469 e. The van der Waals surface area contributed by atoms with E-state index in [4.69, 9.17) is 0 Å². The summed E-state index contributed by atoms with van der Waals surface area (Å²) < 4.78 is 30.9. The predicted octanol–water partition coefficient (Wildman–Crippen LogP) is 0.440. The van der Waals surface area contributed by atoms with Gasteiger partial charge in [-0.1, -0.05) is 0 Å². The van der Waals surface area contributed by atoms with Crippen molar-refractivity contribution in [3.05, 3.63) is 0 Å². The monoisotopic (exact) mass is 304 g/mol. The van der Waals surface area contributed by atoms with E-state index in [0.29, 0.717) is 25.6 Å². The fourth-order valence-electron chi connectivity index (χ4n) is 3.06. The summed E-state index contributed by atoms with van der Waals surface area (Å²) in [5, 5.41) is 0. The van der Waals surface area contributed by atoms with Crippen LogP contribution in [0.25, 0.3) is 0 Å². The molecule has 6 nitrogen and oxygen atoms in total. The summed E-state index contributed by atoms with van der Waals surface area (Å²) in [5.74, 6) is -0.313. The van der Waals surface area contributed by atoms with Crippen LogP contribution in [0, 0.1) is 0 Å². The highest BCUT2D eigenvalue weighted by Gasteiger charge is 2.33. The Balaban J connectivity index is 1.89. The standard InChI is InChI=1S/C13H24N2O4S/c1-19-13(16)6-3-10-20(17,18)15-9-4-8-14-7-2-5-12(14)11-15/h12H,2-11H2,1H3. The van der Waals surface area contributed by atoms with Crippen molar-refractivity contribution in [2.24, 2.45) is 0 Å². The topological polar surface area (TPSA) is 66.9 Å². The molecule has 2 fully saturated rings. The van der Waals surface area contributed by atoms with Crippen molar-refractivity contribution >= 4 is 16.0 Å². The van der Waals surface area contributed by atoms with E-state index in [-0.39, 0.29) is 18.1 Å². The summed E-state index contributed by atoms with van der Waals surface area (Å²) in [5.41, 5.74) is 0. The number of methoxy groups -OCH3 is 1. The third-order valence-corrected chi connectivity index (χ3v) is 6.09. The number of rotatable bonds is 5. The Hall–Kier alpha value is -0.660. The Kier molecular flexibility index (Phi) is 5.40. The second kappa shape index (κ2) is 6.87. The third kappa shape index (κ3) is 3.93. The molecule has 1 unspecified atom stereocenters. The zero-order chi connectivity index (χ0) is 14.6. The smallest absolute Gasteiger partial charge is 0.305 e. The first kappa shape index (κ1) is 15.7. The van der Waals surface area contributed by atoms with E-state index in [1.807, 2.05) is 0 Å². The lowest BCUT2D eigenvalue weighted by molar-refractivity contribution is -0.140. The van der Waals surface area contributed by atoms with Crippen LogP contribution in [0.5, 0.6) is 0 Å². The van der Waals surface area contributed by atoms with E-state index in [2.05, 4.69) is 9.64 Å². The van der Waals surface area contributed by atoms with E-state index < -0.39 is 10.0 Å². The molecule has 2 heterocycles. The molecule has 2 saturated heterocycles. The van der Waals surface area contributed by atoms with Crippen LogP contribution >= 0.6 is 0 Å². The summed E-state index contributed by atoms with van der Waals surface area (Å²) in [6.07, 6.45) is 3.65. The van der Waals surface area contributed by atoms with Gasteiger partial charge >= 0.3 is 5.97 Å². The van der Waals surface area contributed by atoms with Gasteiger partial charge < -0.3 is 4.74 Å². The Morgan fingerprint density at radius 2 is 2.00 bits per heavy atom. The van der Waals surface area contributed by atoms with Crippen molar-refractivity contribution in [3.8, 4) is 0 Å². The minimum absolute atomic E-state index is 0.0365. The molecule has 0 amide bonds. The molecule has 0 radical (unpaired) electrons. The maximum Gasteiger partial charge on any atom is 0.305 e. The zero-order valence-corrected chi connectivity index (χ0v) is 12.9. The number of carbonyl (C=O) groups is 1. The molecule has 0 N–H and O–H groups in total. The molecule has 0 bridgehead atoms. The molecule has 0 aromatic rings. The molecular formula is C13H24N2O4S. The summed E-state index contributed by atoms with van der Waals surface area (Å²) in [7, 11) is -1.93. The Bertz CT molecular complexity index is 438. The van der Waals surface area contributed by atoms with E-state index in [1.165, 1.54) is 13.5 Å². The number of hydrogen-bond donors (Lipinski definition) is 0. The van der Waals surface area contributed by atoms with E-state index in [9.17, 15) is 13.2 Å². The minimum Gasteiger partial charge on any atom is -0.469 e. The average molecular weight is 304 g/mol. The summed E-state index contributed by atoms with van der Waals surface area (Å²) in [6.45, 7) is 3.31. The number of ether oxygens (including phenoxy) is 1. The molecule has 2 rings (SSSR count). The molecule has 0 aromatic carbocycles. The number of fused-ring (bicyclic) bond motifs is 1. The molecule has 0 saturated carbocycles. The fourth-order valence-corrected chi connectivity index (χ4v) is 4.63. The fraction of sp³-hybridized carbons (Fsp3) is 0.923. The lowest BCUT2D eigenvalue weighted by Crippen LogP contribution is -2.40. The van der Waals surface area contributed by atoms with Crippen molar-refractivity contribution in [2.75, 3.05) is 39.0 Å². The highest BCUT2D eigenvalue weighted by molar-refractivity contribution is 7.89. The van der Waals surface area contributed by atoms with Gasteiger partial charge in [-0.15, -0.1) is 0 Å². The molecule has 20 heavy (non-hydrogen) atoms. The van der Waals surface area contributed by atoms with Gasteiger partial charge in [-0.2, -0.15) is 0 Å². The molecule has 116 valence electrons. The first-order valence-electron chi connectivity index (χ1n) is 7.31. The lowest BCUT2D eigenvalue weighted by Gasteiger charge is -2.25. The second-order valence-corrected chi connectivity index (χ2v) is 7.63. The molecule has 1 atom stereocenters. The number of carbonyl (C=O) groups excluding carboxylic acids is 1. The maximum absolute atomic E-state index is 12.4. The summed E-state index contributed by atoms with van der Waals surface area (Å²) in [4.78, 5) is 13.4. The van der Waals surface area contributed by atoms with Crippen LogP contribution in [0.3, 0.4) is 0 Å². The van der Waals surface area contributed by atoms with Gasteiger partial charge in [0.15, 0.2) is 0 Å². The maximum atomic E-state index is 12.4. The molecular weight excluding hydrogens is 280 g/mol. The van der Waals surface area contributed by atoms with Gasteiger partial charge in [0.1, 0.15) is 0 Å². The van der Waals surface area contributed by atoms with Crippen molar-refractivity contribution in [1.82, 2.24) is 9.21 Å². The minimum atomic E-state index is -3.25. The molecule has 0 aliphatic carbocycles. The van der Waals surface area contributed by atoms with Crippen LogP contribution in [0.15, 0.2) is 0 Å². The molecule has 2 aliphatic heterocycles. The van der Waals surface area contributed by atoms with Crippen LogP contribution in [0.2, 0.25) is 0 Å². The van der Waals surface area contributed by atoms with Gasteiger partial charge in [0.25, 0.3) is 0 Å². The van der Waals surface area contributed by atoms with E-state index in [1.54, 1.807) is 4.31 Å². The Morgan fingerprint density at radius 1 is 1.25 bits per heavy atom. The van der Waals surface area contributed by atoms with Crippen molar-refractivity contribution in [3.63, 3.8) is 0 Å². The van der Waals surface area contributed by atoms with Crippen LogP contribution in [-0.2, 0) is 19.6 Å². The van der Waals surface area contributed by atoms with Crippen LogP contribution < -0.4 is 0 Å². The SMILES string of the molecule is COC(=O)CCCS(=O)(=O)N1CCCN2CCCC2C1. The van der Waals surface area contributed by atoms with Crippen LogP contribution in [-0.4, -0.2) is 68.7 Å². The van der Waals surface area contributed by atoms with Gasteiger partial charge in [0.2, 0.25) is 10.0 Å². The normalized spacial score (nSPS) is 25.1. The second-order valence-electron chi connectivity index (χ2n) is 5.54. The van der Waals surface area contributed by atoms with Gasteiger partial charge in [-0.25, -0.2) is 12.7 Å². The third-order valence-electron chi connectivity index (χ3n) is 4.17. The summed E-state index contributed by atoms with van der Waals surface area (Å²) in [6, 6.07) is 0.382. The number of sulfonamides is 1.